The summed E-state index contributed by atoms with van der Waals surface area (Å²) >= 11 is 0. The first-order valence-corrected chi connectivity index (χ1v) is 8.49. The molecule has 1 aliphatic rings. The first kappa shape index (κ1) is 18.0. The zero-order valence-corrected chi connectivity index (χ0v) is 14.6. The van der Waals surface area contributed by atoms with E-state index < -0.39 is 4.92 Å². The lowest BCUT2D eigenvalue weighted by molar-refractivity contribution is -0.383. The van der Waals surface area contributed by atoms with Crippen LogP contribution in [0.4, 0.5) is 23.0 Å². The van der Waals surface area contributed by atoms with Gasteiger partial charge in [-0.15, -0.1) is 0 Å². The van der Waals surface area contributed by atoms with Crippen LogP contribution in [0.3, 0.4) is 0 Å². The highest BCUT2D eigenvalue weighted by Crippen LogP contribution is 2.33. The maximum Gasteiger partial charge on any atom is 0.353 e. The van der Waals surface area contributed by atoms with Crippen LogP contribution >= 0.6 is 0 Å². The predicted octanol–water partition coefficient (Wildman–Crippen LogP) is 1.55. The number of nitrogens with one attached hydrogen (secondary N) is 1. The van der Waals surface area contributed by atoms with E-state index in [1.165, 1.54) is 6.33 Å². The number of piperazine rings is 1. The van der Waals surface area contributed by atoms with E-state index in [-0.39, 0.29) is 18.1 Å². The van der Waals surface area contributed by atoms with Gasteiger partial charge in [0.2, 0.25) is 11.6 Å². The Morgan fingerprint density at radius 2 is 1.88 bits per heavy atom. The van der Waals surface area contributed by atoms with Crippen molar-refractivity contribution in [1.82, 2.24) is 14.9 Å². The molecule has 3 rings (SSSR count). The monoisotopic (exact) mass is 358 g/mol. The molecular weight excluding hydrogens is 336 g/mol. The number of nitrogens with zero attached hydrogens (tertiary/aromatic N) is 5. The zero-order valence-electron chi connectivity index (χ0n) is 14.6. The van der Waals surface area contributed by atoms with Crippen molar-refractivity contribution in [2.75, 3.05) is 49.5 Å². The van der Waals surface area contributed by atoms with Crippen molar-refractivity contribution in [2.45, 2.75) is 6.92 Å². The second-order valence-electron chi connectivity index (χ2n) is 6.19. The van der Waals surface area contributed by atoms with Gasteiger partial charge in [-0.3, -0.25) is 15.0 Å². The molecule has 0 bridgehead atoms. The number of hydrogen-bond acceptors (Lipinski definition) is 8. The van der Waals surface area contributed by atoms with E-state index >= 15 is 0 Å². The average molecular weight is 358 g/mol. The molecule has 0 atom stereocenters. The number of nitro groups is 1. The minimum atomic E-state index is -0.439. The Bertz CT molecular complexity index is 760. The molecule has 26 heavy (non-hydrogen) atoms. The molecule has 138 valence electrons. The van der Waals surface area contributed by atoms with Crippen LogP contribution < -0.4 is 10.2 Å². The summed E-state index contributed by atoms with van der Waals surface area (Å²) in [6, 6.07) is 7.57. The van der Waals surface area contributed by atoms with Gasteiger partial charge in [-0.1, -0.05) is 17.7 Å². The normalized spacial score (nSPS) is 15.1. The molecule has 1 fully saturated rings. The van der Waals surface area contributed by atoms with Gasteiger partial charge in [-0.05, 0) is 19.1 Å². The molecular formula is C17H22N6O3. The van der Waals surface area contributed by atoms with Gasteiger partial charge in [0.25, 0.3) is 0 Å². The lowest BCUT2D eigenvalue weighted by atomic mass is 10.2. The number of rotatable bonds is 6. The molecule has 0 saturated carbocycles. The molecule has 1 aliphatic heterocycles. The summed E-state index contributed by atoms with van der Waals surface area (Å²) in [7, 11) is 0. The van der Waals surface area contributed by atoms with Crippen LogP contribution in [0.5, 0.6) is 0 Å². The summed E-state index contributed by atoms with van der Waals surface area (Å²) in [5.74, 6) is 0.505. The van der Waals surface area contributed by atoms with Gasteiger partial charge >= 0.3 is 5.69 Å². The van der Waals surface area contributed by atoms with Gasteiger partial charge in [0.05, 0.1) is 11.5 Å². The van der Waals surface area contributed by atoms with Gasteiger partial charge in [0.15, 0.2) is 0 Å². The molecule has 1 saturated heterocycles. The van der Waals surface area contributed by atoms with E-state index in [1.54, 1.807) is 0 Å². The second kappa shape index (κ2) is 8.07. The van der Waals surface area contributed by atoms with Crippen molar-refractivity contribution < 1.29 is 10.0 Å². The van der Waals surface area contributed by atoms with Crippen LogP contribution in [0.25, 0.3) is 0 Å². The minimum Gasteiger partial charge on any atom is -0.395 e. The van der Waals surface area contributed by atoms with Crippen molar-refractivity contribution in [3.63, 3.8) is 0 Å². The molecule has 0 aliphatic carbocycles. The summed E-state index contributed by atoms with van der Waals surface area (Å²) in [6.45, 7) is 5.37. The zero-order chi connectivity index (χ0) is 18.5. The van der Waals surface area contributed by atoms with Crippen LogP contribution in [-0.2, 0) is 0 Å². The highest BCUT2D eigenvalue weighted by Gasteiger charge is 2.29. The van der Waals surface area contributed by atoms with Crippen molar-refractivity contribution >= 4 is 23.0 Å². The first-order chi connectivity index (χ1) is 12.6. The lowest BCUT2D eigenvalue weighted by Crippen LogP contribution is -2.47. The fourth-order valence-corrected chi connectivity index (χ4v) is 2.96. The van der Waals surface area contributed by atoms with E-state index in [0.717, 1.165) is 24.3 Å². The molecule has 2 aromatic rings. The molecule has 9 nitrogen and oxygen atoms in total. The van der Waals surface area contributed by atoms with E-state index in [2.05, 4.69) is 20.2 Å². The summed E-state index contributed by atoms with van der Waals surface area (Å²) in [5.41, 5.74) is 1.72. The summed E-state index contributed by atoms with van der Waals surface area (Å²) in [5, 5.41) is 23.8. The quantitative estimate of drug-likeness (QED) is 0.591. The maximum atomic E-state index is 11.7. The number of aromatic nitrogens is 2. The first-order valence-electron chi connectivity index (χ1n) is 8.49. The number of β-amino-alcohol motifs (C(OH)–C–C–N with tert-alkyl or cyclic N) is 1. The lowest BCUT2D eigenvalue weighted by Gasteiger charge is -2.34. The fraction of sp³-hybridized carbons (Fsp3) is 0.412. The van der Waals surface area contributed by atoms with Gasteiger partial charge in [0, 0.05) is 38.4 Å². The number of anilines is 3. The highest BCUT2D eigenvalue weighted by molar-refractivity contribution is 5.74. The Hall–Kier alpha value is -2.78. The Balaban J connectivity index is 1.85. The third-order valence-electron chi connectivity index (χ3n) is 4.39. The Morgan fingerprint density at radius 1 is 1.19 bits per heavy atom. The number of aliphatic hydroxyl groups excluding tert-OH is 1. The summed E-state index contributed by atoms with van der Waals surface area (Å²) in [4.78, 5) is 23.5. The molecule has 2 N–H and O–H groups in total. The Labute approximate surface area is 151 Å². The van der Waals surface area contributed by atoms with Crippen LogP contribution in [0.1, 0.15) is 5.56 Å². The molecule has 0 amide bonds. The van der Waals surface area contributed by atoms with E-state index in [4.69, 9.17) is 5.11 Å². The molecule has 1 aromatic heterocycles. The van der Waals surface area contributed by atoms with E-state index in [0.29, 0.717) is 25.5 Å². The maximum absolute atomic E-state index is 11.7. The molecule has 9 heteroatoms. The van der Waals surface area contributed by atoms with Crippen LogP contribution in [0, 0.1) is 17.0 Å². The van der Waals surface area contributed by atoms with Gasteiger partial charge < -0.3 is 15.3 Å². The standard InChI is InChI=1S/C17H22N6O3/c1-13-2-4-14(5-3-13)20-16-15(23(25)26)17(19-12-18-16)22-8-6-21(7-9-22)10-11-24/h2-5,12,24H,6-11H2,1H3,(H,18,19,20). The predicted molar refractivity (Wildman–Crippen MR) is 98.9 cm³/mol. The molecule has 0 unspecified atom stereocenters. The molecule has 0 radical (unpaired) electrons. The van der Waals surface area contributed by atoms with Crippen LogP contribution in [-0.4, -0.2) is 64.2 Å². The van der Waals surface area contributed by atoms with Crippen LogP contribution in [0.2, 0.25) is 0 Å². The second-order valence-corrected chi connectivity index (χ2v) is 6.19. The molecule has 1 aromatic carbocycles. The summed E-state index contributed by atoms with van der Waals surface area (Å²) < 4.78 is 0. The van der Waals surface area contributed by atoms with Gasteiger partial charge in [-0.2, -0.15) is 0 Å². The van der Waals surface area contributed by atoms with E-state index in [9.17, 15) is 10.1 Å². The molecule has 0 spiro atoms. The van der Waals surface area contributed by atoms with Crippen molar-refractivity contribution in [2.24, 2.45) is 0 Å². The van der Waals surface area contributed by atoms with E-state index in [1.807, 2.05) is 36.1 Å². The highest BCUT2D eigenvalue weighted by atomic mass is 16.6. The van der Waals surface area contributed by atoms with Crippen molar-refractivity contribution in [3.8, 4) is 0 Å². The number of aryl methyl sites for hydroxylation is 1. The summed E-state index contributed by atoms with van der Waals surface area (Å²) in [6.07, 6.45) is 1.35. The minimum absolute atomic E-state index is 0.109. The topological polar surface area (TPSA) is 108 Å². The third-order valence-corrected chi connectivity index (χ3v) is 4.39. The Morgan fingerprint density at radius 3 is 2.50 bits per heavy atom. The average Bonchev–Trinajstić information content (AvgIpc) is 2.64. The third kappa shape index (κ3) is 4.06. The Kier molecular flexibility index (Phi) is 5.59. The van der Waals surface area contributed by atoms with Gasteiger partial charge in [-0.25, -0.2) is 9.97 Å². The number of aliphatic hydroxyl groups is 1. The molecule has 2 heterocycles. The van der Waals surface area contributed by atoms with Gasteiger partial charge in [0.1, 0.15) is 6.33 Å². The van der Waals surface area contributed by atoms with Crippen molar-refractivity contribution in [3.05, 3.63) is 46.3 Å². The van der Waals surface area contributed by atoms with Crippen LogP contribution in [0.15, 0.2) is 30.6 Å². The number of hydrogen-bond donors (Lipinski definition) is 2. The fourth-order valence-electron chi connectivity index (χ4n) is 2.96. The van der Waals surface area contributed by atoms with Crippen molar-refractivity contribution in [1.29, 1.82) is 0 Å². The number of benzene rings is 1. The SMILES string of the molecule is Cc1ccc(Nc2ncnc(N3CCN(CCO)CC3)c2[N+](=O)[O-])cc1. The smallest absolute Gasteiger partial charge is 0.353 e. The largest absolute Gasteiger partial charge is 0.395 e.